The summed E-state index contributed by atoms with van der Waals surface area (Å²) in [5.41, 5.74) is 0.457. The van der Waals surface area contributed by atoms with Gasteiger partial charge in [-0.15, -0.1) is 0 Å². The molecule has 5 nitrogen and oxygen atoms in total. The number of anilines is 1. The Morgan fingerprint density at radius 1 is 1.38 bits per heavy atom. The van der Waals surface area contributed by atoms with Gasteiger partial charge in [-0.05, 0) is 31.4 Å². The Bertz CT molecular complexity index is 700. The van der Waals surface area contributed by atoms with Crippen molar-refractivity contribution in [1.29, 1.82) is 0 Å². The summed E-state index contributed by atoms with van der Waals surface area (Å²) in [5.74, 6) is 0.797. The van der Waals surface area contributed by atoms with E-state index in [1.54, 1.807) is 18.3 Å². The van der Waals surface area contributed by atoms with Crippen LogP contribution >= 0.6 is 11.6 Å². The van der Waals surface area contributed by atoms with E-state index in [0.717, 1.165) is 19.4 Å². The predicted molar refractivity (Wildman–Crippen MR) is 91.0 cm³/mol. The fourth-order valence-corrected chi connectivity index (χ4v) is 3.11. The van der Waals surface area contributed by atoms with Gasteiger partial charge in [0, 0.05) is 25.2 Å². The summed E-state index contributed by atoms with van der Waals surface area (Å²) in [6.45, 7) is 3.87. The SMILES string of the molecule is CCc1ncnc(N2CCCC(COc3ncccc3Cl)C2)c1F. The number of aromatic nitrogens is 3. The first-order valence-corrected chi connectivity index (χ1v) is 8.54. The van der Waals surface area contributed by atoms with Crippen molar-refractivity contribution >= 4 is 17.4 Å². The lowest BCUT2D eigenvalue weighted by molar-refractivity contribution is 0.221. The molecule has 128 valence electrons. The number of halogens is 2. The van der Waals surface area contributed by atoms with Gasteiger partial charge in [0.25, 0.3) is 0 Å². The molecule has 3 heterocycles. The van der Waals surface area contributed by atoms with Crippen molar-refractivity contribution in [2.75, 3.05) is 24.6 Å². The molecule has 1 atom stereocenters. The number of rotatable bonds is 5. The Labute approximate surface area is 145 Å². The maximum atomic E-state index is 14.5. The molecule has 1 aliphatic rings. The Kier molecular flexibility index (Phi) is 5.45. The Balaban J connectivity index is 1.65. The zero-order valence-electron chi connectivity index (χ0n) is 13.6. The topological polar surface area (TPSA) is 51.1 Å². The monoisotopic (exact) mass is 350 g/mol. The van der Waals surface area contributed by atoms with Crippen molar-refractivity contribution in [2.45, 2.75) is 26.2 Å². The summed E-state index contributed by atoms with van der Waals surface area (Å²) in [5, 5.41) is 0.500. The molecule has 1 fully saturated rings. The van der Waals surface area contributed by atoms with Crippen LogP contribution in [0.5, 0.6) is 5.88 Å². The summed E-state index contributed by atoms with van der Waals surface area (Å²) < 4.78 is 20.2. The van der Waals surface area contributed by atoms with E-state index in [2.05, 4.69) is 15.0 Å². The third-order valence-corrected chi connectivity index (χ3v) is 4.46. The Morgan fingerprint density at radius 3 is 3.04 bits per heavy atom. The molecule has 0 spiro atoms. The molecule has 0 saturated carbocycles. The molecule has 0 aromatic carbocycles. The normalized spacial score (nSPS) is 17.8. The minimum absolute atomic E-state index is 0.274. The zero-order chi connectivity index (χ0) is 16.9. The molecular formula is C17H20ClFN4O. The molecule has 0 aliphatic carbocycles. The lowest BCUT2D eigenvalue weighted by Gasteiger charge is -2.33. The minimum atomic E-state index is -0.311. The highest BCUT2D eigenvalue weighted by Crippen LogP contribution is 2.26. The van der Waals surface area contributed by atoms with Crippen LogP contribution in [0.15, 0.2) is 24.7 Å². The summed E-state index contributed by atoms with van der Waals surface area (Å²) in [6.07, 6.45) is 5.63. The quantitative estimate of drug-likeness (QED) is 0.825. The standard InChI is InChI=1S/C17H20ClFN4O/c1-2-14-15(19)16(22-11-21-14)23-8-4-5-12(9-23)10-24-17-13(18)6-3-7-20-17/h3,6-7,11-12H,2,4-5,8-10H2,1H3. The summed E-state index contributed by atoms with van der Waals surface area (Å²) >= 11 is 6.06. The Hall–Kier alpha value is -1.95. The molecule has 7 heteroatoms. The maximum Gasteiger partial charge on any atom is 0.232 e. The molecule has 1 saturated heterocycles. The molecular weight excluding hydrogens is 331 g/mol. The number of aryl methyl sites for hydroxylation is 1. The van der Waals surface area contributed by atoms with E-state index >= 15 is 0 Å². The lowest BCUT2D eigenvalue weighted by atomic mass is 9.99. The third kappa shape index (κ3) is 3.75. The van der Waals surface area contributed by atoms with Crippen LogP contribution in [-0.2, 0) is 6.42 Å². The van der Waals surface area contributed by atoms with Crippen molar-refractivity contribution < 1.29 is 9.13 Å². The molecule has 2 aromatic rings. The van der Waals surface area contributed by atoms with Gasteiger partial charge in [0.2, 0.25) is 5.88 Å². The van der Waals surface area contributed by atoms with Crippen LogP contribution in [0.2, 0.25) is 5.02 Å². The largest absolute Gasteiger partial charge is 0.476 e. The number of ether oxygens (including phenoxy) is 1. The van der Waals surface area contributed by atoms with Crippen molar-refractivity contribution in [3.05, 3.63) is 41.2 Å². The number of pyridine rings is 1. The van der Waals surface area contributed by atoms with Crippen molar-refractivity contribution in [3.8, 4) is 5.88 Å². The van der Waals surface area contributed by atoms with Crippen molar-refractivity contribution in [2.24, 2.45) is 5.92 Å². The second kappa shape index (κ2) is 7.75. The van der Waals surface area contributed by atoms with Gasteiger partial charge < -0.3 is 9.64 Å². The minimum Gasteiger partial charge on any atom is -0.476 e. The maximum absolute atomic E-state index is 14.5. The molecule has 0 bridgehead atoms. The van der Waals surface area contributed by atoms with Gasteiger partial charge in [0.15, 0.2) is 11.6 Å². The van der Waals surface area contributed by atoms with Gasteiger partial charge in [0.05, 0.1) is 12.3 Å². The van der Waals surface area contributed by atoms with E-state index in [9.17, 15) is 4.39 Å². The second-order valence-electron chi connectivity index (χ2n) is 5.87. The van der Waals surface area contributed by atoms with Gasteiger partial charge in [-0.1, -0.05) is 18.5 Å². The van der Waals surface area contributed by atoms with E-state index in [4.69, 9.17) is 16.3 Å². The third-order valence-electron chi connectivity index (χ3n) is 4.18. The number of hydrogen-bond donors (Lipinski definition) is 0. The first kappa shape index (κ1) is 16.9. The van der Waals surface area contributed by atoms with E-state index in [0.29, 0.717) is 42.0 Å². The number of piperidine rings is 1. The first-order valence-electron chi connectivity index (χ1n) is 8.16. The van der Waals surface area contributed by atoms with E-state index in [-0.39, 0.29) is 11.7 Å². The summed E-state index contributed by atoms with van der Waals surface area (Å²) in [6, 6.07) is 3.51. The fraction of sp³-hybridized carbons (Fsp3) is 0.471. The average molecular weight is 351 g/mol. The van der Waals surface area contributed by atoms with Crippen LogP contribution in [0.3, 0.4) is 0 Å². The van der Waals surface area contributed by atoms with Crippen LogP contribution in [0.1, 0.15) is 25.5 Å². The number of nitrogens with zero attached hydrogens (tertiary/aromatic N) is 4. The van der Waals surface area contributed by atoms with Crippen LogP contribution in [-0.4, -0.2) is 34.6 Å². The molecule has 1 aliphatic heterocycles. The lowest BCUT2D eigenvalue weighted by Crippen LogP contribution is -2.39. The van der Waals surface area contributed by atoms with E-state index < -0.39 is 0 Å². The van der Waals surface area contributed by atoms with Gasteiger partial charge in [0.1, 0.15) is 11.3 Å². The average Bonchev–Trinajstić information content (AvgIpc) is 2.61. The first-order chi connectivity index (χ1) is 11.7. The van der Waals surface area contributed by atoms with Crippen LogP contribution < -0.4 is 9.64 Å². The van der Waals surface area contributed by atoms with Gasteiger partial charge >= 0.3 is 0 Å². The zero-order valence-corrected chi connectivity index (χ0v) is 14.3. The smallest absolute Gasteiger partial charge is 0.232 e. The fourth-order valence-electron chi connectivity index (χ4n) is 2.93. The van der Waals surface area contributed by atoms with Gasteiger partial charge in [-0.25, -0.2) is 19.3 Å². The summed E-state index contributed by atoms with van der Waals surface area (Å²) in [7, 11) is 0. The highest BCUT2D eigenvalue weighted by Gasteiger charge is 2.25. The van der Waals surface area contributed by atoms with Crippen molar-refractivity contribution in [3.63, 3.8) is 0 Å². The Morgan fingerprint density at radius 2 is 2.25 bits per heavy atom. The predicted octanol–water partition coefficient (Wildman–Crippen LogP) is 3.52. The molecule has 0 radical (unpaired) electrons. The molecule has 2 aromatic heterocycles. The van der Waals surface area contributed by atoms with Gasteiger partial charge in [-0.3, -0.25) is 0 Å². The molecule has 1 unspecified atom stereocenters. The van der Waals surface area contributed by atoms with E-state index in [1.807, 2.05) is 11.8 Å². The summed E-state index contributed by atoms with van der Waals surface area (Å²) in [4.78, 5) is 14.2. The van der Waals surface area contributed by atoms with Crippen LogP contribution in [0, 0.1) is 11.7 Å². The van der Waals surface area contributed by atoms with E-state index in [1.165, 1.54) is 6.33 Å². The van der Waals surface area contributed by atoms with Crippen LogP contribution in [0.4, 0.5) is 10.2 Å². The van der Waals surface area contributed by atoms with Crippen LogP contribution in [0.25, 0.3) is 0 Å². The molecule has 24 heavy (non-hydrogen) atoms. The van der Waals surface area contributed by atoms with Crippen molar-refractivity contribution in [1.82, 2.24) is 15.0 Å². The second-order valence-corrected chi connectivity index (χ2v) is 6.27. The highest BCUT2D eigenvalue weighted by molar-refractivity contribution is 6.31. The molecule has 0 N–H and O–H groups in total. The highest BCUT2D eigenvalue weighted by atomic mass is 35.5. The molecule has 3 rings (SSSR count). The van der Waals surface area contributed by atoms with Gasteiger partial charge in [-0.2, -0.15) is 0 Å². The number of hydrogen-bond acceptors (Lipinski definition) is 5. The molecule has 0 amide bonds.